The SMILES string of the molecule is Cc1cccc(CN(C)C2CCCC(C)(C)C2N)c1. The van der Waals surface area contributed by atoms with Crippen LogP contribution in [-0.2, 0) is 6.54 Å². The summed E-state index contributed by atoms with van der Waals surface area (Å²) in [6.07, 6.45) is 3.78. The number of hydrogen-bond acceptors (Lipinski definition) is 2. The molecule has 1 aromatic rings. The Kier molecular flexibility index (Phi) is 4.32. The Morgan fingerprint density at radius 1 is 1.37 bits per heavy atom. The lowest BCUT2D eigenvalue weighted by Crippen LogP contribution is -2.55. The lowest BCUT2D eigenvalue weighted by atomic mass is 9.71. The van der Waals surface area contributed by atoms with Crippen molar-refractivity contribution >= 4 is 0 Å². The van der Waals surface area contributed by atoms with Crippen molar-refractivity contribution in [3.8, 4) is 0 Å². The first-order valence-electron chi connectivity index (χ1n) is 7.41. The van der Waals surface area contributed by atoms with Gasteiger partial charge in [0, 0.05) is 18.6 Å². The molecule has 0 bridgehead atoms. The van der Waals surface area contributed by atoms with Crippen molar-refractivity contribution in [3.05, 3.63) is 35.4 Å². The van der Waals surface area contributed by atoms with E-state index in [1.54, 1.807) is 0 Å². The van der Waals surface area contributed by atoms with Crippen molar-refractivity contribution in [1.29, 1.82) is 0 Å². The minimum atomic E-state index is 0.268. The first kappa shape index (κ1) is 14.5. The van der Waals surface area contributed by atoms with Crippen LogP contribution in [0.1, 0.15) is 44.2 Å². The lowest BCUT2D eigenvalue weighted by molar-refractivity contribution is 0.0805. The summed E-state index contributed by atoms with van der Waals surface area (Å²) < 4.78 is 0. The van der Waals surface area contributed by atoms with E-state index >= 15 is 0 Å². The molecular formula is C17H28N2. The first-order valence-corrected chi connectivity index (χ1v) is 7.41. The Labute approximate surface area is 118 Å². The predicted molar refractivity (Wildman–Crippen MR) is 82.0 cm³/mol. The molecule has 0 amide bonds. The van der Waals surface area contributed by atoms with Gasteiger partial charge in [0.15, 0.2) is 0 Å². The van der Waals surface area contributed by atoms with Crippen LogP contribution in [0, 0.1) is 12.3 Å². The fraction of sp³-hybridized carbons (Fsp3) is 0.647. The molecule has 2 atom stereocenters. The molecule has 1 aliphatic carbocycles. The number of nitrogens with zero attached hydrogens (tertiary/aromatic N) is 1. The maximum absolute atomic E-state index is 6.50. The van der Waals surface area contributed by atoms with Gasteiger partial charge < -0.3 is 5.73 Å². The number of aryl methyl sites for hydroxylation is 1. The molecule has 1 fully saturated rings. The molecule has 1 aromatic carbocycles. The zero-order valence-electron chi connectivity index (χ0n) is 12.8. The Hall–Kier alpha value is -0.860. The predicted octanol–water partition coefficient (Wildman–Crippen LogP) is 3.33. The molecule has 2 heteroatoms. The van der Waals surface area contributed by atoms with Crippen LogP contribution in [0.3, 0.4) is 0 Å². The molecule has 0 aliphatic heterocycles. The van der Waals surface area contributed by atoms with Gasteiger partial charge in [-0.2, -0.15) is 0 Å². The smallest absolute Gasteiger partial charge is 0.0252 e. The summed E-state index contributed by atoms with van der Waals surface area (Å²) >= 11 is 0. The topological polar surface area (TPSA) is 29.3 Å². The molecule has 0 heterocycles. The highest BCUT2D eigenvalue weighted by atomic mass is 15.1. The third-order valence-electron chi connectivity index (χ3n) is 4.72. The van der Waals surface area contributed by atoms with Crippen LogP contribution in [0.15, 0.2) is 24.3 Å². The summed E-state index contributed by atoms with van der Waals surface area (Å²) in [5, 5.41) is 0. The molecule has 0 spiro atoms. The van der Waals surface area contributed by atoms with Crippen molar-refractivity contribution in [2.24, 2.45) is 11.1 Å². The summed E-state index contributed by atoms with van der Waals surface area (Å²) in [5.74, 6) is 0. The Morgan fingerprint density at radius 3 is 2.79 bits per heavy atom. The van der Waals surface area contributed by atoms with Gasteiger partial charge >= 0.3 is 0 Å². The molecule has 2 N–H and O–H groups in total. The largest absolute Gasteiger partial charge is 0.326 e. The zero-order valence-corrected chi connectivity index (χ0v) is 12.8. The first-order chi connectivity index (χ1) is 8.90. The molecule has 106 valence electrons. The quantitative estimate of drug-likeness (QED) is 0.903. The fourth-order valence-electron chi connectivity index (χ4n) is 3.34. The Balaban J connectivity index is 2.05. The van der Waals surface area contributed by atoms with Gasteiger partial charge in [-0.05, 0) is 37.8 Å². The highest BCUT2D eigenvalue weighted by Crippen LogP contribution is 2.36. The van der Waals surface area contributed by atoms with E-state index in [4.69, 9.17) is 5.73 Å². The van der Waals surface area contributed by atoms with Gasteiger partial charge in [0.1, 0.15) is 0 Å². The summed E-state index contributed by atoms with van der Waals surface area (Å²) in [4.78, 5) is 2.44. The minimum absolute atomic E-state index is 0.268. The zero-order chi connectivity index (χ0) is 14.0. The van der Waals surface area contributed by atoms with Gasteiger partial charge in [-0.15, -0.1) is 0 Å². The third kappa shape index (κ3) is 3.37. The molecule has 2 rings (SSSR count). The number of hydrogen-bond donors (Lipinski definition) is 1. The third-order valence-corrected chi connectivity index (χ3v) is 4.72. The molecule has 0 aromatic heterocycles. The lowest BCUT2D eigenvalue weighted by Gasteiger charge is -2.45. The highest BCUT2D eigenvalue weighted by molar-refractivity contribution is 5.22. The van der Waals surface area contributed by atoms with E-state index in [1.165, 1.54) is 30.4 Å². The summed E-state index contributed by atoms with van der Waals surface area (Å²) in [7, 11) is 2.22. The average Bonchev–Trinajstić information content (AvgIpc) is 2.32. The second-order valence-corrected chi connectivity index (χ2v) is 6.88. The molecule has 2 nitrogen and oxygen atoms in total. The summed E-state index contributed by atoms with van der Waals surface area (Å²) in [6.45, 7) is 7.77. The van der Waals surface area contributed by atoms with Crippen LogP contribution in [0.4, 0.5) is 0 Å². The number of rotatable bonds is 3. The highest BCUT2D eigenvalue weighted by Gasteiger charge is 2.38. The van der Waals surface area contributed by atoms with Gasteiger partial charge in [-0.1, -0.05) is 50.1 Å². The molecule has 1 saturated carbocycles. The number of benzene rings is 1. The monoisotopic (exact) mass is 260 g/mol. The standard InChI is InChI=1S/C17H28N2/c1-13-7-5-8-14(11-13)12-19(4)15-9-6-10-17(2,3)16(15)18/h5,7-8,11,15-16H,6,9-10,12,18H2,1-4H3. The Bertz CT molecular complexity index is 425. The van der Waals surface area contributed by atoms with Crippen molar-refractivity contribution in [2.75, 3.05) is 7.05 Å². The van der Waals surface area contributed by atoms with Gasteiger partial charge in [-0.3, -0.25) is 4.90 Å². The van der Waals surface area contributed by atoms with Crippen molar-refractivity contribution in [2.45, 2.75) is 58.7 Å². The van der Waals surface area contributed by atoms with Crippen molar-refractivity contribution in [3.63, 3.8) is 0 Å². The van der Waals surface area contributed by atoms with Gasteiger partial charge in [0.2, 0.25) is 0 Å². The molecular weight excluding hydrogens is 232 g/mol. The van der Waals surface area contributed by atoms with Crippen LogP contribution in [0.5, 0.6) is 0 Å². The van der Waals surface area contributed by atoms with E-state index in [9.17, 15) is 0 Å². The molecule has 0 radical (unpaired) electrons. The fourth-order valence-corrected chi connectivity index (χ4v) is 3.34. The number of likely N-dealkylation sites (N-methyl/N-ethyl adjacent to an activating group) is 1. The Morgan fingerprint density at radius 2 is 2.11 bits per heavy atom. The van der Waals surface area contributed by atoms with Crippen LogP contribution in [-0.4, -0.2) is 24.0 Å². The molecule has 2 unspecified atom stereocenters. The van der Waals surface area contributed by atoms with Gasteiger partial charge in [0.05, 0.1) is 0 Å². The maximum atomic E-state index is 6.50. The maximum Gasteiger partial charge on any atom is 0.0252 e. The minimum Gasteiger partial charge on any atom is -0.326 e. The second kappa shape index (κ2) is 5.64. The second-order valence-electron chi connectivity index (χ2n) is 6.88. The van der Waals surface area contributed by atoms with Gasteiger partial charge in [-0.25, -0.2) is 0 Å². The van der Waals surface area contributed by atoms with E-state index in [0.717, 1.165) is 6.54 Å². The van der Waals surface area contributed by atoms with E-state index in [-0.39, 0.29) is 11.5 Å². The van der Waals surface area contributed by atoms with E-state index < -0.39 is 0 Å². The van der Waals surface area contributed by atoms with E-state index in [2.05, 4.69) is 57.0 Å². The van der Waals surface area contributed by atoms with Crippen LogP contribution in [0.2, 0.25) is 0 Å². The molecule has 0 saturated heterocycles. The molecule has 1 aliphatic rings. The van der Waals surface area contributed by atoms with E-state index in [0.29, 0.717) is 6.04 Å². The molecule has 19 heavy (non-hydrogen) atoms. The van der Waals surface area contributed by atoms with Crippen LogP contribution >= 0.6 is 0 Å². The van der Waals surface area contributed by atoms with Crippen LogP contribution < -0.4 is 5.73 Å². The van der Waals surface area contributed by atoms with Crippen molar-refractivity contribution in [1.82, 2.24) is 4.90 Å². The summed E-state index contributed by atoms with van der Waals surface area (Å²) in [5.41, 5.74) is 9.49. The van der Waals surface area contributed by atoms with Crippen LogP contribution in [0.25, 0.3) is 0 Å². The number of nitrogens with two attached hydrogens (primary N) is 1. The summed E-state index contributed by atoms with van der Waals surface area (Å²) in [6, 6.07) is 9.56. The van der Waals surface area contributed by atoms with Gasteiger partial charge in [0.25, 0.3) is 0 Å². The normalized spacial score (nSPS) is 26.6. The average molecular weight is 260 g/mol. The van der Waals surface area contributed by atoms with Crippen molar-refractivity contribution < 1.29 is 0 Å². The van der Waals surface area contributed by atoms with E-state index in [1.807, 2.05) is 0 Å².